The van der Waals surface area contributed by atoms with Crippen LogP contribution < -0.4 is 5.73 Å². The number of aliphatic hydroxyl groups is 3. The van der Waals surface area contributed by atoms with Crippen molar-refractivity contribution in [3.8, 4) is 5.75 Å². The number of ketones is 2. The number of primary amides is 1. The van der Waals surface area contributed by atoms with Crippen LogP contribution in [0.25, 0.3) is 0 Å². The van der Waals surface area contributed by atoms with Crippen molar-refractivity contribution in [2.24, 2.45) is 23.5 Å². The molecule has 3 aliphatic rings. The largest absolute Gasteiger partial charge is 0.511 e. The first-order valence-corrected chi connectivity index (χ1v) is 9.24. The molecular weight excluding hydrogens is 378 g/mol. The summed E-state index contributed by atoms with van der Waals surface area (Å²) in [6.07, 6.45) is -1.59. The van der Waals surface area contributed by atoms with E-state index in [0.29, 0.717) is 5.56 Å². The van der Waals surface area contributed by atoms with Crippen molar-refractivity contribution >= 4 is 17.5 Å². The molecule has 0 bridgehead atoms. The van der Waals surface area contributed by atoms with Crippen LogP contribution in [0.4, 0.5) is 0 Å². The Kier molecular flexibility index (Phi) is 3.93. The fourth-order valence-corrected chi connectivity index (χ4v) is 5.29. The van der Waals surface area contributed by atoms with E-state index in [1.165, 1.54) is 6.07 Å². The molecule has 0 aliphatic heterocycles. The zero-order valence-corrected chi connectivity index (χ0v) is 15.8. The van der Waals surface area contributed by atoms with Crippen LogP contribution in [0.2, 0.25) is 0 Å². The third kappa shape index (κ3) is 2.32. The van der Waals surface area contributed by atoms with Gasteiger partial charge in [0.05, 0.1) is 17.6 Å². The highest BCUT2D eigenvalue weighted by Gasteiger charge is 2.59. The molecule has 0 radical (unpaired) electrons. The molecule has 1 aromatic carbocycles. The zero-order valence-electron chi connectivity index (χ0n) is 15.8. The number of hydrogen-bond acceptors (Lipinski definition) is 7. The topological polar surface area (TPSA) is 158 Å². The number of allylic oxidation sites excluding steroid dienone is 2. The Morgan fingerprint density at radius 2 is 1.83 bits per heavy atom. The molecule has 4 rings (SSSR count). The molecule has 152 valence electrons. The molecule has 4 atom stereocenters. The maximum Gasteiger partial charge on any atom is 0.256 e. The van der Waals surface area contributed by atoms with Crippen molar-refractivity contribution in [2.45, 2.75) is 31.8 Å². The number of phenolic OH excluding ortho intramolecular Hbond substituents is 1. The molecule has 6 N–H and O–H groups in total. The molecule has 1 amide bonds. The van der Waals surface area contributed by atoms with E-state index in [0.717, 1.165) is 0 Å². The highest BCUT2D eigenvalue weighted by atomic mass is 16.3. The molecule has 0 saturated carbocycles. The highest BCUT2D eigenvalue weighted by Crippen LogP contribution is 2.56. The summed E-state index contributed by atoms with van der Waals surface area (Å²) in [5.41, 5.74) is 4.05. The van der Waals surface area contributed by atoms with Crippen LogP contribution in [-0.4, -0.2) is 44.0 Å². The number of carbonyl (C=O) groups excluding carboxylic acids is 3. The van der Waals surface area contributed by atoms with Crippen LogP contribution in [0.3, 0.4) is 0 Å². The van der Waals surface area contributed by atoms with Gasteiger partial charge in [0.2, 0.25) is 0 Å². The van der Waals surface area contributed by atoms with Gasteiger partial charge in [-0.25, -0.2) is 0 Å². The van der Waals surface area contributed by atoms with E-state index in [1.807, 2.05) is 0 Å². The Morgan fingerprint density at radius 1 is 1.17 bits per heavy atom. The van der Waals surface area contributed by atoms with Gasteiger partial charge in [-0.3, -0.25) is 14.4 Å². The number of hydrogen-bond donors (Lipinski definition) is 5. The average Bonchev–Trinajstić information content (AvgIpc) is 2.61. The number of amides is 1. The van der Waals surface area contributed by atoms with Crippen LogP contribution in [0.1, 0.15) is 36.2 Å². The van der Waals surface area contributed by atoms with Crippen LogP contribution in [0.5, 0.6) is 5.75 Å². The van der Waals surface area contributed by atoms with Gasteiger partial charge in [-0.05, 0) is 17.0 Å². The standard InChI is InChI=1S/C21H21NO7/c1-21(2)8-4-3-5-9(23)12(8)19(28)14-15(21)16(25)7-6-10(24)13(20(22)29)17(26)11(7)18(14)27/h3-5,7,14-16,23,25-27H,6H2,1-2H3,(H2,22,29)/t7-,14-,15-,16-/m1/s1. The summed E-state index contributed by atoms with van der Waals surface area (Å²) in [5.74, 6) is -7.10. The summed E-state index contributed by atoms with van der Waals surface area (Å²) in [4.78, 5) is 37.2. The van der Waals surface area contributed by atoms with E-state index < -0.39 is 63.8 Å². The van der Waals surface area contributed by atoms with E-state index in [4.69, 9.17) is 5.73 Å². The zero-order chi connectivity index (χ0) is 21.4. The summed E-state index contributed by atoms with van der Waals surface area (Å²) in [5, 5.41) is 43.0. The summed E-state index contributed by atoms with van der Waals surface area (Å²) in [6.45, 7) is 3.57. The summed E-state index contributed by atoms with van der Waals surface area (Å²) >= 11 is 0. The Hall–Kier alpha value is -3.13. The van der Waals surface area contributed by atoms with E-state index >= 15 is 0 Å². The van der Waals surface area contributed by atoms with Gasteiger partial charge in [-0.1, -0.05) is 26.0 Å². The number of benzene rings is 1. The number of aliphatic hydroxyl groups excluding tert-OH is 3. The lowest BCUT2D eigenvalue weighted by atomic mass is 9.52. The Morgan fingerprint density at radius 3 is 2.45 bits per heavy atom. The molecule has 29 heavy (non-hydrogen) atoms. The Bertz CT molecular complexity index is 1050. The third-order valence-electron chi connectivity index (χ3n) is 6.60. The minimum Gasteiger partial charge on any atom is -0.511 e. The first kappa shape index (κ1) is 19.2. The van der Waals surface area contributed by atoms with Crippen molar-refractivity contribution in [2.75, 3.05) is 0 Å². The van der Waals surface area contributed by atoms with Gasteiger partial charge in [0, 0.05) is 23.8 Å². The Balaban J connectivity index is 2.02. The van der Waals surface area contributed by atoms with Gasteiger partial charge < -0.3 is 26.2 Å². The fraction of sp³-hybridized carbons (Fsp3) is 0.381. The second-order valence-electron chi connectivity index (χ2n) is 8.40. The molecule has 0 aromatic heterocycles. The summed E-state index contributed by atoms with van der Waals surface area (Å²) < 4.78 is 0. The Labute approximate surface area is 166 Å². The number of aromatic hydroxyl groups is 1. The lowest BCUT2D eigenvalue weighted by molar-refractivity contribution is -0.123. The molecule has 3 aliphatic carbocycles. The van der Waals surface area contributed by atoms with Crippen molar-refractivity contribution in [3.63, 3.8) is 0 Å². The minimum absolute atomic E-state index is 0.0435. The van der Waals surface area contributed by atoms with Gasteiger partial charge in [0.15, 0.2) is 11.6 Å². The monoisotopic (exact) mass is 399 g/mol. The van der Waals surface area contributed by atoms with Crippen molar-refractivity contribution in [3.05, 3.63) is 52.0 Å². The number of phenols is 1. The first-order valence-electron chi connectivity index (χ1n) is 9.24. The van der Waals surface area contributed by atoms with Gasteiger partial charge in [-0.2, -0.15) is 0 Å². The molecule has 0 heterocycles. The predicted molar refractivity (Wildman–Crippen MR) is 100 cm³/mol. The second kappa shape index (κ2) is 5.93. The number of carbonyl (C=O) groups is 3. The maximum atomic E-state index is 13.3. The quantitative estimate of drug-likeness (QED) is 0.443. The van der Waals surface area contributed by atoms with Crippen molar-refractivity contribution in [1.82, 2.24) is 0 Å². The molecule has 8 nitrogen and oxygen atoms in total. The number of nitrogens with two attached hydrogens (primary N) is 1. The summed E-state index contributed by atoms with van der Waals surface area (Å²) in [6, 6.07) is 4.64. The summed E-state index contributed by atoms with van der Waals surface area (Å²) in [7, 11) is 0. The SMILES string of the molecule is CC1(C)c2cccc(O)c2C(=O)[C@H]2C(O)=C3C(O)=C(C(N)=O)C(=O)C[C@H]3[C@@H](O)[C@@H]21. The average molecular weight is 399 g/mol. The molecular formula is C21H21NO7. The highest BCUT2D eigenvalue weighted by molar-refractivity contribution is 6.20. The molecule has 0 spiro atoms. The van der Waals surface area contributed by atoms with Gasteiger partial charge in [0.1, 0.15) is 22.8 Å². The smallest absolute Gasteiger partial charge is 0.256 e. The van der Waals surface area contributed by atoms with Crippen LogP contribution in [-0.2, 0) is 15.0 Å². The van der Waals surface area contributed by atoms with E-state index in [2.05, 4.69) is 0 Å². The second-order valence-corrected chi connectivity index (χ2v) is 8.40. The minimum atomic E-state index is -1.26. The number of Topliss-reactive ketones (excluding diaryl/α,β-unsaturated/α-hetero) is 2. The third-order valence-corrected chi connectivity index (χ3v) is 6.60. The molecule has 1 aromatic rings. The predicted octanol–water partition coefficient (Wildman–Crippen LogP) is 1.17. The van der Waals surface area contributed by atoms with E-state index in [-0.39, 0.29) is 23.3 Å². The van der Waals surface area contributed by atoms with Gasteiger partial charge in [0.25, 0.3) is 5.91 Å². The lowest BCUT2D eigenvalue weighted by Gasteiger charge is -2.51. The van der Waals surface area contributed by atoms with Crippen molar-refractivity contribution < 1.29 is 34.8 Å². The van der Waals surface area contributed by atoms with Gasteiger partial charge in [-0.15, -0.1) is 0 Å². The molecule has 0 fully saturated rings. The molecule has 0 saturated heterocycles. The number of rotatable bonds is 1. The van der Waals surface area contributed by atoms with E-state index in [1.54, 1.807) is 26.0 Å². The maximum absolute atomic E-state index is 13.3. The first-order chi connectivity index (χ1) is 13.5. The normalized spacial score (nSPS) is 30.6. The van der Waals surface area contributed by atoms with Crippen LogP contribution >= 0.6 is 0 Å². The molecule has 8 heteroatoms. The van der Waals surface area contributed by atoms with E-state index in [9.17, 15) is 34.8 Å². The lowest BCUT2D eigenvalue weighted by Crippen LogP contribution is -2.56. The van der Waals surface area contributed by atoms with Gasteiger partial charge >= 0.3 is 0 Å². The van der Waals surface area contributed by atoms with Crippen LogP contribution in [0, 0.1) is 17.8 Å². The van der Waals surface area contributed by atoms with Crippen molar-refractivity contribution in [1.29, 1.82) is 0 Å². The number of fused-ring (bicyclic) bond motifs is 3. The van der Waals surface area contributed by atoms with Crippen LogP contribution in [0.15, 0.2) is 40.9 Å². The molecule has 0 unspecified atom stereocenters. The fourth-order valence-electron chi connectivity index (χ4n) is 5.29.